The molecule has 5 rings (SSSR count). The molecule has 3 heterocycles. The van der Waals surface area contributed by atoms with Gasteiger partial charge in [0.25, 0.3) is 11.8 Å². The van der Waals surface area contributed by atoms with Crippen molar-refractivity contribution in [1.82, 2.24) is 0 Å². The van der Waals surface area contributed by atoms with Crippen LogP contribution in [0.2, 0.25) is 0 Å². The van der Waals surface area contributed by atoms with Crippen LogP contribution < -0.4 is 9.80 Å². The smallest absolute Gasteiger partial charge is 0.260 e. The first-order chi connectivity index (χ1) is 14.3. The van der Waals surface area contributed by atoms with Crippen molar-refractivity contribution in [3.8, 4) is 0 Å². The fourth-order valence-electron chi connectivity index (χ4n) is 4.48. The number of carbonyl (C=O) groups excluding carboxylic acids is 2. The number of carbonyl (C=O) groups is 2. The van der Waals surface area contributed by atoms with Crippen LogP contribution in [-0.2, 0) is 19.1 Å². The summed E-state index contributed by atoms with van der Waals surface area (Å²) in [6, 6.07) is 15.7. The summed E-state index contributed by atoms with van der Waals surface area (Å²) in [6.45, 7) is 2.06. The van der Waals surface area contributed by atoms with Crippen molar-refractivity contribution in [3.63, 3.8) is 0 Å². The van der Waals surface area contributed by atoms with E-state index >= 15 is 0 Å². The van der Waals surface area contributed by atoms with E-state index in [0.717, 1.165) is 35.3 Å². The highest BCUT2D eigenvalue weighted by Gasteiger charge is 2.39. The van der Waals surface area contributed by atoms with Gasteiger partial charge in [0.15, 0.2) is 12.2 Å². The van der Waals surface area contributed by atoms with Gasteiger partial charge in [0.1, 0.15) is 0 Å². The second-order valence-corrected chi connectivity index (χ2v) is 7.66. The van der Waals surface area contributed by atoms with E-state index < -0.39 is 12.2 Å². The third-order valence-electron chi connectivity index (χ3n) is 5.87. The molecular formula is C23H24N2O4. The summed E-state index contributed by atoms with van der Waals surface area (Å²) in [7, 11) is 0. The van der Waals surface area contributed by atoms with Gasteiger partial charge in [-0.05, 0) is 31.4 Å². The van der Waals surface area contributed by atoms with Gasteiger partial charge in [0.2, 0.25) is 0 Å². The van der Waals surface area contributed by atoms with Crippen LogP contribution in [0, 0.1) is 0 Å². The van der Waals surface area contributed by atoms with E-state index in [9.17, 15) is 9.59 Å². The minimum absolute atomic E-state index is 0.00485. The molecule has 6 heteroatoms. The summed E-state index contributed by atoms with van der Waals surface area (Å²) in [5.74, 6) is 0.00970. The van der Waals surface area contributed by atoms with Crippen molar-refractivity contribution >= 4 is 23.2 Å². The average molecular weight is 392 g/mol. The molecule has 0 N–H and O–H groups in total. The zero-order valence-electron chi connectivity index (χ0n) is 16.3. The van der Waals surface area contributed by atoms with E-state index in [1.165, 1.54) is 0 Å². The van der Waals surface area contributed by atoms with Crippen molar-refractivity contribution in [2.45, 2.75) is 31.5 Å². The number of amides is 2. The zero-order chi connectivity index (χ0) is 19.8. The van der Waals surface area contributed by atoms with E-state index in [-0.39, 0.29) is 11.8 Å². The van der Waals surface area contributed by atoms with E-state index in [2.05, 4.69) is 0 Å². The average Bonchev–Trinajstić information content (AvgIpc) is 3.16. The molecule has 0 aliphatic carbocycles. The topological polar surface area (TPSA) is 59.1 Å². The van der Waals surface area contributed by atoms with Crippen molar-refractivity contribution in [1.29, 1.82) is 0 Å². The molecule has 0 unspecified atom stereocenters. The Labute approximate surface area is 170 Å². The molecule has 1 fully saturated rings. The first-order valence-corrected chi connectivity index (χ1v) is 10.3. The van der Waals surface area contributed by atoms with E-state index in [1.54, 1.807) is 0 Å². The monoisotopic (exact) mass is 392 g/mol. The molecule has 6 nitrogen and oxygen atoms in total. The summed E-state index contributed by atoms with van der Waals surface area (Å²) in [5, 5.41) is 0. The molecule has 0 aromatic heterocycles. The molecular weight excluding hydrogens is 368 g/mol. The number of benzene rings is 2. The van der Waals surface area contributed by atoms with Crippen molar-refractivity contribution in [2.24, 2.45) is 0 Å². The van der Waals surface area contributed by atoms with Crippen LogP contribution in [0.4, 0.5) is 11.4 Å². The van der Waals surface area contributed by atoms with Gasteiger partial charge in [-0.2, -0.15) is 0 Å². The van der Waals surface area contributed by atoms with Crippen molar-refractivity contribution in [2.75, 3.05) is 36.1 Å². The number of ether oxygens (including phenoxy) is 2. The standard InChI is InChI=1S/C23H24N2O4/c26-22-20-16-8-1-3-10-18(16)24(22)12-5-6-13-25-19-11-4-2-9-17(19)21(23(25)27)29-15-7-14-28-20/h1-4,8-11,20-21H,5-7,12-15H2/t20-,21-/m0/s1. The zero-order valence-corrected chi connectivity index (χ0v) is 16.3. The Morgan fingerprint density at radius 2 is 1.10 bits per heavy atom. The van der Waals surface area contributed by atoms with Crippen LogP contribution in [0.3, 0.4) is 0 Å². The Morgan fingerprint density at radius 3 is 1.59 bits per heavy atom. The second kappa shape index (κ2) is 7.61. The largest absolute Gasteiger partial charge is 0.363 e. The third kappa shape index (κ3) is 3.12. The summed E-state index contributed by atoms with van der Waals surface area (Å²) in [5.41, 5.74) is 3.76. The highest BCUT2D eigenvalue weighted by Crippen LogP contribution is 2.40. The Hall–Kier alpha value is -2.70. The molecule has 29 heavy (non-hydrogen) atoms. The number of nitrogens with zero attached hydrogens (tertiary/aromatic N) is 2. The highest BCUT2D eigenvalue weighted by atomic mass is 16.5. The molecule has 0 radical (unpaired) electrons. The van der Waals surface area contributed by atoms with E-state index in [1.807, 2.05) is 58.3 Å². The van der Waals surface area contributed by atoms with Gasteiger partial charge in [0, 0.05) is 24.2 Å². The van der Waals surface area contributed by atoms with Crippen molar-refractivity contribution < 1.29 is 19.1 Å². The Morgan fingerprint density at radius 1 is 0.655 bits per heavy atom. The normalized spacial score (nSPS) is 24.7. The van der Waals surface area contributed by atoms with Crippen molar-refractivity contribution in [3.05, 3.63) is 59.7 Å². The number of anilines is 2. The van der Waals surface area contributed by atoms with Gasteiger partial charge in [-0.1, -0.05) is 36.4 Å². The second-order valence-electron chi connectivity index (χ2n) is 7.66. The fraction of sp³-hybridized carbons (Fsp3) is 0.391. The van der Waals surface area contributed by atoms with E-state index in [0.29, 0.717) is 32.7 Å². The quantitative estimate of drug-likeness (QED) is 0.690. The van der Waals surface area contributed by atoms with Crippen LogP contribution >= 0.6 is 0 Å². The Balaban J connectivity index is 1.39. The van der Waals surface area contributed by atoms with Gasteiger partial charge in [-0.25, -0.2) is 0 Å². The molecule has 0 saturated carbocycles. The predicted octanol–water partition coefficient (Wildman–Crippen LogP) is 3.38. The number of hydrogen-bond donors (Lipinski definition) is 0. The highest BCUT2D eigenvalue weighted by molar-refractivity contribution is 6.04. The summed E-state index contributed by atoms with van der Waals surface area (Å²) in [6.07, 6.45) is 1.16. The number of para-hydroxylation sites is 2. The molecule has 2 atom stereocenters. The van der Waals surface area contributed by atoms with Gasteiger partial charge < -0.3 is 19.3 Å². The summed E-state index contributed by atoms with van der Waals surface area (Å²) < 4.78 is 11.9. The summed E-state index contributed by atoms with van der Waals surface area (Å²) in [4.78, 5) is 29.6. The van der Waals surface area contributed by atoms with Gasteiger partial charge in [-0.15, -0.1) is 0 Å². The summed E-state index contributed by atoms with van der Waals surface area (Å²) >= 11 is 0. The first-order valence-electron chi connectivity index (χ1n) is 10.3. The van der Waals surface area contributed by atoms with Gasteiger partial charge in [-0.3, -0.25) is 9.59 Å². The first kappa shape index (κ1) is 18.3. The maximum Gasteiger partial charge on any atom is 0.260 e. The number of fused-ring (bicyclic) bond motifs is 10. The molecule has 2 aromatic carbocycles. The van der Waals surface area contributed by atoms with Gasteiger partial charge in [0.05, 0.1) is 24.6 Å². The van der Waals surface area contributed by atoms with Crippen LogP contribution in [0.15, 0.2) is 48.5 Å². The Kier molecular flexibility index (Phi) is 4.81. The number of rotatable bonds is 0. The van der Waals surface area contributed by atoms with Gasteiger partial charge >= 0.3 is 0 Å². The van der Waals surface area contributed by atoms with E-state index in [4.69, 9.17) is 9.47 Å². The maximum absolute atomic E-state index is 13.0. The predicted molar refractivity (Wildman–Crippen MR) is 109 cm³/mol. The molecule has 0 spiro atoms. The lowest BCUT2D eigenvalue weighted by molar-refractivity contribution is -0.130. The molecule has 1 saturated heterocycles. The SMILES string of the molecule is O=C1[C@H]2OCCCO[C@@H]3C(=O)N(CCCCN1c1ccccc12)c1ccccc13. The van der Waals surface area contributed by atoms with Crippen LogP contribution in [-0.4, -0.2) is 38.1 Å². The molecule has 3 aliphatic heterocycles. The Bertz CT molecular complexity index is 868. The minimum atomic E-state index is -0.543. The molecule has 3 aliphatic rings. The number of hydrogen-bond acceptors (Lipinski definition) is 4. The lowest BCUT2D eigenvalue weighted by Crippen LogP contribution is -2.32. The van der Waals surface area contributed by atoms with Crippen LogP contribution in [0.1, 0.15) is 42.6 Å². The maximum atomic E-state index is 13.0. The molecule has 2 amide bonds. The minimum Gasteiger partial charge on any atom is -0.363 e. The third-order valence-corrected chi connectivity index (χ3v) is 5.87. The molecule has 150 valence electrons. The van der Waals surface area contributed by atoms with Crippen LogP contribution in [0.25, 0.3) is 0 Å². The molecule has 2 aromatic rings. The lowest BCUT2D eigenvalue weighted by Gasteiger charge is -2.20. The van der Waals surface area contributed by atoms with Crippen LogP contribution in [0.5, 0.6) is 0 Å². The molecule has 4 bridgehead atoms. The fourth-order valence-corrected chi connectivity index (χ4v) is 4.48. The lowest BCUT2D eigenvalue weighted by atomic mass is 10.1.